The number of likely N-dealkylation sites (tertiary alicyclic amines) is 1. The van der Waals surface area contributed by atoms with Crippen molar-refractivity contribution in [2.45, 2.75) is 31.5 Å². The molecular formula is C23H27ClN2O4. The highest BCUT2D eigenvalue weighted by Crippen LogP contribution is 2.26. The fourth-order valence-corrected chi connectivity index (χ4v) is 4.05. The highest BCUT2D eigenvalue weighted by Gasteiger charge is 2.32. The predicted octanol–water partition coefficient (Wildman–Crippen LogP) is 4.61. The number of cyclic esters (lactones) is 1. The second kappa shape index (κ2) is 9.58. The number of hydrogen-bond donors (Lipinski definition) is 0. The van der Waals surface area contributed by atoms with E-state index in [0.29, 0.717) is 6.54 Å². The van der Waals surface area contributed by atoms with Crippen LogP contribution in [0.3, 0.4) is 0 Å². The second-order valence-corrected chi connectivity index (χ2v) is 8.15. The van der Waals surface area contributed by atoms with Crippen LogP contribution in [0.25, 0.3) is 0 Å². The van der Waals surface area contributed by atoms with E-state index in [-0.39, 0.29) is 18.3 Å². The molecule has 2 heterocycles. The van der Waals surface area contributed by atoms with Crippen molar-refractivity contribution in [3.05, 3.63) is 53.6 Å². The molecule has 30 heavy (non-hydrogen) atoms. The Kier molecular flexibility index (Phi) is 6.65. The van der Waals surface area contributed by atoms with Gasteiger partial charge in [0, 0.05) is 30.3 Å². The fourth-order valence-electron chi connectivity index (χ4n) is 3.93. The molecule has 0 aromatic heterocycles. The summed E-state index contributed by atoms with van der Waals surface area (Å²) in [6.07, 6.45) is 2.69. The highest BCUT2D eigenvalue weighted by molar-refractivity contribution is 6.30. The van der Waals surface area contributed by atoms with Crippen LogP contribution in [0.4, 0.5) is 10.5 Å². The molecule has 1 atom stereocenters. The van der Waals surface area contributed by atoms with Gasteiger partial charge in [0.05, 0.1) is 13.7 Å². The molecule has 0 aliphatic carbocycles. The summed E-state index contributed by atoms with van der Waals surface area (Å²) in [7, 11) is 1.63. The molecule has 4 rings (SSSR count). The van der Waals surface area contributed by atoms with Gasteiger partial charge in [-0.15, -0.1) is 0 Å². The zero-order chi connectivity index (χ0) is 20.9. The second-order valence-electron chi connectivity index (χ2n) is 7.72. The number of nitrogens with zero attached hydrogens (tertiary/aromatic N) is 2. The van der Waals surface area contributed by atoms with Crippen molar-refractivity contribution in [2.24, 2.45) is 0 Å². The van der Waals surface area contributed by atoms with Crippen LogP contribution in [-0.2, 0) is 4.74 Å². The van der Waals surface area contributed by atoms with E-state index in [9.17, 15) is 4.79 Å². The molecule has 160 valence electrons. The normalized spacial score (nSPS) is 20.3. The number of amides is 1. The Bertz CT molecular complexity index is 835. The summed E-state index contributed by atoms with van der Waals surface area (Å²) in [6.45, 7) is 3.48. The van der Waals surface area contributed by atoms with Crippen LogP contribution in [0.1, 0.15) is 19.3 Å². The number of methoxy groups -OCH3 is 1. The Labute approximate surface area is 182 Å². The van der Waals surface area contributed by atoms with Gasteiger partial charge in [-0.2, -0.15) is 0 Å². The van der Waals surface area contributed by atoms with Gasteiger partial charge in [-0.3, -0.25) is 4.90 Å². The van der Waals surface area contributed by atoms with Gasteiger partial charge in [0.1, 0.15) is 23.7 Å². The number of piperidine rings is 1. The van der Waals surface area contributed by atoms with Gasteiger partial charge in [0.25, 0.3) is 0 Å². The minimum Gasteiger partial charge on any atom is -0.497 e. The molecule has 1 unspecified atom stereocenters. The third kappa shape index (κ3) is 5.18. The van der Waals surface area contributed by atoms with Crippen molar-refractivity contribution < 1.29 is 19.0 Å². The van der Waals surface area contributed by atoms with Crippen molar-refractivity contribution in [2.75, 3.05) is 38.2 Å². The Morgan fingerprint density at radius 1 is 1.03 bits per heavy atom. The van der Waals surface area contributed by atoms with E-state index >= 15 is 0 Å². The minimum absolute atomic E-state index is 0.0809. The Hall–Kier alpha value is -2.44. The van der Waals surface area contributed by atoms with Gasteiger partial charge in [-0.05, 0) is 67.8 Å². The van der Waals surface area contributed by atoms with E-state index in [0.717, 1.165) is 61.1 Å². The lowest BCUT2D eigenvalue weighted by Gasteiger charge is -2.32. The molecule has 6 nitrogen and oxygen atoms in total. The number of hydrogen-bond acceptors (Lipinski definition) is 5. The molecule has 7 heteroatoms. The van der Waals surface area contributed by atoms with Gasteiger partial charge in [-0.1, -0.05) is 11.6 Å². The quantitative estimate of drug-likeness (QED) is 0.642. The molecule has 2 aliphatic heterocycles. The van der Waals surface area contributed by atoms with Gasteiger partial charge in [0.2, 0.25) is 0 Å². The Morgan fingerprint density at radius 2 is 1.70 bits per heavy atom. The van der Waals surface area contributed by atoms with Crippen LogP contribution >= 0.6 is 11.6 Å². The van der Waals surface area contributed by atoms with Crippen molar-refractivity contribution >= 4 is 23.4 Å². The summed E-state index contributed by atoms with van der Waals surface area (Å²) in [5.41, 5.74) is 0.837. The van der Waals surface area contributed by atoms with Crippen LogP contribution in [0, 0.1) is 0 Å². The lowest BCUT2D eigenvalue weighted by Crippen LogP contribution is -2.39. The summed E-state index contributed by atoms with van der Waals surface area (Å²) < 4.78 is 16.8. The van der Waals surface area contributed by atoms with E-state index in [1.165, 1.54) is 0 Å². The third-order valence-electron chi connectivity index (χ3n) is 5.68. The van der Waals surface area contributed by atoms with Crippen LogP contribution in [0.5, 0.6) is 11.5 Å². The maximum atomic E-state index is 12.3. The lowest BCUT2D eigenvalue weighted by molar-refractivity contribution is 0.0860. The molecular weight excluding hydrogens is 404 g/mol. The summed E-state index contributed by atoms with van der Waals surface area (Å²) in [5.74, 6) is 1.64. The number of ether oxygens (including phenoxy) is 3. The fraction of sp³-hybridized carbons (Fsp3) is 0.435. The van der Waals surface area contributed by atoms with E-state index < -0.39 is 0 Å². The van der Waals surface area contributed by atoms with Crippen molar-refractivity contribution in [3.63, 3.8) is 0 Å². The van der Waals surface area contributed by atoms with E-state index in [4.69, 9.17) is 25.8 Å². The molecule has 0 N–H and O–H groups in total. The van der Waals surface area contributed by atoms with Gasteiger partial charge < -0.3 is 19.1 Å². The first-order valence-corrected chi connectivity index (χ1v) is 10.8. The molecule has 0 radical (unpaired) electrons. The van der Waals surface area contributed by atoms with E-state index in [1.807, 2.05) is 48.5 Å². The average molecular weight is 431 g/mol. The standard InChI is InChI=1S/C23H27ClN2O4/c1-28-19-8-4-18(5-9-19)26-16-22(30-23(26)27)12-15-25-13-10-21(11-14-25)29-20-6-2-17(24)3-7-20/h2-9,21-22H,10-16H2,1H3. The maximum Gasteiger partial charge on any atom is 0.414 e. The van der Waals surface area contributed by atoms with Crippen LogP contribution in [-0.4, -0.2) is 56.5 Å². The predicted molar refractivity (Wildman–Crippen MR) is 117 cm³/mol. The first kappa shape index (κ1) is 20.8. The minimum atomic E-state index is -0.278. The van der Waals surface area contributed by atoms with E-state index in [1.54, 1.807) is 12.0 Å². The molecule has 2 saturated heterocycles. The molecule has 2 aromatic carbocycles. The molecule has 2 aromatic rings. The molecule has 0 spiro atoms. The first-order chi connectivity index (χ1) is 14.6. The number of halogens is 1. The maximum absolute atomic E-state index is 12.3. The van der Waals surface area contributed by atoms with Crippen LogP contribution in [0.15, 0.2) is 48.5 Å². The summed E-state index contributed by atoms with van der Waals surface area (Å²) in [4.78, 5) is 16.4. The Balaban J connectivity index is 1.20. The highest BCUT2D eigenvalue weighted by atomic mass is 35.5. The number of anilines is 1. The molecule has 0 bridgehead atoms. The molecule has 1 amide bonds. The zero-order valence-electron chi connectivity index (χ0n) is 17.1. The first-order valence-electron chi connectivity index (χ1n) is 10.4. The molecule has 2 fully saturated rings. The van der Waals surface area contributed by atoms with Crippen molar-refractivity contribution in [3.8, 4) is 11.5 Å². The monoisotopic (exact) mass is 430 g/mol. The number of carbonyl (C=O) groups excluding carboxylic acids is 1. The Morgan fingerprint density at radius 3 is 2.37 bits per heavy atom. The van der Waals surface area contributed by atoms with E-state index in [2.05, 4.69) is 4.90 Å². The topological polar surface area (TPSA) is 51.2 Å². The lowest BCUT2D eigenvalue weighted by atomic mass is 10.1. The largest absolute Gasteiger partial charge is 0.497 e. The molecule has 0 saturated carbocycles. The number of benzene rings is 2. The summed E-state index contributed by atoms with van der Waals surface area (Å²) >= 11 is 5.93. The average Bonchev–Trinajstić information content (AvgIpc) is 3.15. The van der Waals surface area contributed by atoms with Gasteiger partial charge in [-0.25, -0.2) is 4.79 Å². The van der Waals surface area contributed by atoms with Gasteiger partial charge >= 0.3 is 6.09 Å². The SMILES string of the molecule is COc1ccc(N2CC(CCN3CCC(Oc4ccc(Cl)cc4)CC3)OC2=O)cc1. The number of rotatable bonds is 7. The smallest absolute Gasteiger partial charge is 0.414 e. The van der Waals surface area contributed by atoms with Crippen LogP contribution in [0.2, 0.25) is 5.02 Å². The molecule has 2 aliphatic rings. The number of carbonyl (C=O) groups is 1. The zero-order valence-corrected chi connectivity index (χ0v) is 17.9. The third-order valence-corrected chi connectivity index (χ3v) is 5.93. The van der Waals surface area contributed by atoms with Crippen molar-refractivity contribution in [1.82, 2.24) is 4.90 Å². The van der Waals surface area contributed by atoms with Crippen LogP contribution < -0.4 is 14.4 Å². The summed E-state index contributed by atoms with van der Waals surface area (Å²) in [5, 5.41) is 0.718. The van der Waals surface area contributed by atoms with Gasteiger partial charge in [0.15, 0.2) is 0 Å². The summed E-state index contributed by atoms with van der Waals surface area (Å²) in [6, 6.07) is 15.0. The van der Waals surface area contributed by atoms with Crippen molar-refractivity contribution in [1.29, 1.82) is 0 Å².